The number of carbonyl (C=O) groups excluding carboxylic acids is 1. The van der Waals surface area contributed by atoms with E-state index in [2.05, 4.69) is 4.98 Å². The molecule has 0 saturated carbocycles. The fourth-order valence-corrected chi connectivity index (χ4v) is 2.78. The van der Waals surface area contributed by atoms with E-state index in [1.165, 1.54) is 0 Å². The van der Waals surface area contributed by atoms with Crippen molar-refractivity contribution in [2.75, 3.05) is 5.75 Å². The molecule has 2 aromatic rings. The van der Waals surface area contributed by atoms with Crippen LogP contribution in [0.15, 0.2) is 47.9 Å². The summed E-state index contributed by atoms with van der Waals surface area (Å²) >= 11 is 7.53. The summed E-state index contributed by atoms with van der Waals surface area (Å²) in [4.78, 5) is 17.4. The lowest BCUT2D eigenvalue weighted by Crippen LogP contribution is -2.30. The largest absolute Gasteiger partial charge is 0.330 e. The van der Waals surface area contributed by atoms with Crippen LogP contribution in [0.2, 0.25) is 5.02 Å². The summed E-state index contributed by atoms with van der Waals surface area (Å²) < 4.78 is 1.80. The first-order chi connectivity index (χ1) is 9.47. The minimum absolute atomic E-state index is 0.206. The maximum Gasteiger partial charge on any atom is 0.158 e. The predicted octanol–water partition coefficient (Wildman–Crippen LogP) is 3.92. The predicted molar refractivity (Wildman–Crippen MR) is 83.2 cm³/mol. The molecule has 0 atom stereocenters. The topological polar surface area (TPSA) is 34.9 Å². The van der Waals surface area contributed by atoms with Crippen molar-refractivity contribution < 1.29 is 4.79 Å². The number of carbonyl (C=O) groups is 1. The van der Waals surface area contributed by atoms with Gasteiger partial charge in [0.25, 0.3) is 0 Å². The molecule has 0 aliphatic rings. The monoisotopic (exact) mass is 308 g/mol. The van der Waals surface area contributed by atoms with Gasteiger partial charge < -0.3 is 4.57 Å². The van der Waals surface area contributed by atoms with E-state index in [0.29, 0.717) is 6.54 Å². The molecular weight excluding hydrogens is 292 g/mol. The third kappa shape index (κ3) is 4.12. The Morgan fingerprint density at radius 1 is 1.35 bits per heavy atom. The number of thioether (sulfide) groups is 1. The Hall–Kier alpha value is -1.26. The van der Waals surface area contributed by atoms with E-state index >= 15 is 0 Å². The summed E-state index contributed by atoms with van der Waals surface area (Å²) in [6, 6.07) is 7.68. The van der Waals surface area contributed by atoms with Gasteiger partial charge in [0.1, 0.15) is 0 Å². The normalized spacial score (nSPS) is 11.6. The van der Waals surface area contributed by atoms with Gasteiger partial charge in [-0.15, -0.1) is 11.8 Å². The molecule has 0 bridgehead atoms. The van der Waals surface area contributed by atoms with Crippen molar-refractivity contribution in [3.8, 4) is 0 Å². The van der Waals surface area contributed by atoms with Gasteiger partial charge in [-0.05, 0) is 24.3 Å². The molecule has 0 aliphatic heterocycles. The summed E-state index contributed by atoms with van der Waals surface area (Å²) in [5, 5.41) is 0.727. The van der Waals surface area contributed by atoms with E-state index in [1.54, 1.807) is 35.0 Å². The Morgan fingerprint density at radius 2 is 2.05 bits per heavy atom. The second-order valence-corrected chi connectivity index (χ2v) is 6.77. The van der Waals surface area contributed by atoms with E-state index in [-0.39, 0.29) is 11.2 Å². The molecule has 3 nitrogen and oxygen atoms in total. The number of hydrogen-bond acceptors (Lipinski definition) is 3. The first-order valence-corrected chi connectivity index (χ1v) is 7.71. The van der Waals surface area contributed by atoms with E-state index in [0.717, 1.165) is 15.7 Å². The Kier molecular flexibility index (Phi) is 4.89. The highest BCUT2D eigenvalue weighted by molar-refractivity contribution is 7.99. The maximum absolute atomic E-state index is 12.3. The smallest absolute Gasteiger partial charge is 0.158 e. The van der Waals surface area contributed by atoms with Crippen molar-refractivity contribution in [3.05, 3.63) is 48.0 Å². The molecule has 0 radical (unpaired) electrons. The van der Waals surface area contributed by atoms with Crippen LogP contribution in [0.25, 0.3) is 0 Å². The Bertz CT molecular complexity index is 564. The zero-order valence-corrected chi connectivity index (χ0v) is 13.1. The van der Waals surface area contributed by atoms with Crippen molar-refractivity contribution in [2.24, 2.45) is 5.41 Å². The summed E-state index contributed by atoms with van der Waals surface area (Å²) in [6.45, 7) is 4.33. The van der Waals surface area contributed by atoms with Gasteiger partial charge in [-0.2, -0.15) is 0 Å². The highest BCUT2D eigenvalue weighted by Crippen LogP contribution is 2.29. The Labute approximate surface area is 128 Å². The summed E-state index contributed by atoms with van der Waals surface area (Å²) in [5.41, 5.74) is -0.380. The molecule has 0 unspecified atom stereocenters. The average molecular weight is 309 g/mol. The van der Waals surface area contributed by atoms with Gasteiger partial charge in [-0.1, -0.05) is 25.4 Å². The molecule has 0 amide bonds. The molecule has 0 saturated heterocycles. The lowest BCUT2D eigenvalue weighted by atomic mass is 9.90. The van der Waals surface area contributed by atoms with Gasteiger partial charge in [0.2, 0.25) is 0 Å². The molecular formula is C15H17ClN2OS. The van der Waals surface area contributed by atoms with Crippen molar-refractivity contribution >= 4 is 29.1 Å². The summed E-state index contributed by atoms with van der Waals surface area (Å²) in [5.74, 6) is 0.944. The zero-order valence-electron chi connectivity index (χ0n) is 11.5. The molecule has 0 fully saturated rings. The van der Waals surface area contributed by atoms with Gasteiger partial charge in [0.05, 0.1) is 12.9 Å². The zero-order chi connectivity index (χ0) is 14.6. The SMILES string of the molecule is CC(C)(CSc1ccc(Cl)cc1)C(=O)Cn1ccnc1. The van der Waals surface area contributed by atoms with E-state index in [4.69, 9.17) is 11.6 Å². The van der Waals surface area contributed by atoms with Crippen LogP contribution >= 0.6 is 23.4 Å². The molecule has 1 heterocycles. The van der Waals surface area contributed by atoms with Gasteiger partial charge in [-0.25, -0.2) is 4.98 Å². The molecule has 2 rings (SSSR count). The molecule has 0 aliphatic carbocycles. The summed E-state index contributed by atoms with van der Waals surface area (Å²) in [6.07, 6.45) is 5.16. The van der Waals surface area contributed by atoms with Crippen molar-refractivity contribution in [3.63, 3.8) is 0 Å². The molecule has 20 heavy (non-hydrogen) atoms. The number of aromatic nitrogens is 2. The number of rotatable bonds is 6. The highest BCUT2D eigenvalue weighted by Gasteiger charge is 2.27. The van der Waals surface area contributed by atoms with E-state index < -0.39 is 0 Å². The lowest BCUT2D eigenvalue weighted by molar-refractivity contribution is -0.126. The number of Topliss-reactive ketones (excluding diaryl/α,β-unsaturated/α-hetero) is 1. The van der Waals surface area contributed by atoms with Gasteiger partial charge in [0, 0.05) is 33.5 Å². The first kappa shape index (κ1) is 15.1. The van der Waals surface area contributed by atoms with Crippen LogP contribution in [0.4, 0.5) is 0 Å². The quantitative estimate of drug-likeness (QED) is 0.759. The number of hydrogen-bond donors (Lipinski definition) is 0. The standard InChI is InChI=1S/C15H17ClN2OS/c1-15(2,14(19)9-18-8-7-17-11-18)10-20-13-5-3-12(16)4-6-13/h3-8,11H,9-10H2,1-2H3. The van der Waals surface area contributed by atoms with Crippen molar-refractivity contribution in [1.82, 2.24) is 9.55 Å². The molecule has 1 aromatic heterocycles. The van der Waals surface area contributed by atoms with Crippen LogP contribution in [0.5, 0.6) is 0 Å². The number of nitrogens with zero attached hydrogens (tertiary/aromatic N) is 2. The minimum Gasteiger partial charge on any atom is -0.330 e. The molecule has 106 valence electrons. The molecule has 5 heteroatoms. The number of ketones is 1. The van der Waals surface area contributed by atoms with Gasteiger partial charge in [0.15, 0.2) is 5.78 Å². The van der Waals surface area contributed by atoms with Crippen LogP contribution in [0, 0.1) is 5.41 Å². The average Bonchev–Trinajstić information content (AvgIpc) is 2.91. The fraction of sp³-hybridized carbons (Fsp3) is 0.333. The maximum atomic E-state index is 12.3. The van der Waals surface area contributed by atoms with Crippen LogP contribution in [0.1, 0.15) is 13.8 Å². The fourth-order valence-electron chi connectivity index (χ4n) is 1.64. The molecule has 0 spiro atoms. The third-order valence-electron chi connectivity index (χ3n) is 3.05. The summed E-state index contributed by atoms with van der Waals surface area (Å²) in [7, 11) is 0. The van der Waals surface area contributed by atoms with Crippen LogP contribution in [-0.4, -0.2) is 21.1 Å². The number of benzene rings is 1. The van der Waals surface area contributed by atoms with Crippen LogP contribution < -0.4 is 0 Å². The van der Waals surface area contributed by atoms with E-state index in [1.807, 2.05) is 38.1 Å². The van der Waals surface area contributed by atoms with Crippen LogP contribution in [0.3, 0.4) is 0 Å². The third-order valence-corrected chi connectivity index (χ3v) is 4.78. The van der Waals surface area contributed by atoms with Crippen LogP contribution in [-0.2, 0) is 11.3 Å². The Balaban J connectivity index is 1.92. The lowest BCUT2D eigenvalue weighted by Gasteiger charge is -2.22. The second-order valence-electron chi connectivity index (χ2n) is 5.28. The highest BCUT2D eigenvalue weighted by atomic mass is 35.5. The molecule has 0 N–H and O–H groups in total. The van der Waals surface area contributed by atoms with Crippen molar-refractivity contribution in [1.29, 1.82) is 0 Å². The minimum atomic E-state index is -0.380. The second kappa shape index (κ2) is 6.46. The van der Waals surface area contributed by atoms with Gasteiger partial charge in [-0.3, -0.25) is 4.79 Å². The molecule has 1 aromatic carbocycles. The number of imidazole rings is 1. The first-order valence-electron chi connectivity index (χ1n) is 6.35. The number of halogens is 1. The Morgan fingerprint density at radius 3 is 2.65 bits per heavy atom. The van der Waals surface area contributed by atoms with Gasteiger partial charge >= 0.3 is 0 Å². The van der Waals surface area contributed by atoms with Crippen molar-refractivity contribution in [2.45, 2.75) is 25.3 Å². The van der Waals surface area contributed by atoms with E-state index in [9.17, 15) is 4.79 Å².